The van der Waals surface area contributed by atoms with Gasteiger partial charge in [-0.15, -0.1) is 0 Å². The Morgan fingerprint density at radius 1 is 1.20 bits per heavy atom. The SMILES string of the molecule is CC(=O)O.C[C@@H](NC(=O)CCN)C(=O)OC1CCN(c2c(CF)cc3c(=O)c(C(=O)O)cn4c3c2CCC4)CC1. The van der Waals surface area contributed by atoms with Crippen LogP contribution in [0, 0.1) is 0 Å². The van der Waals surface area contributed by atoms with Crippen LogP contribution in [0.2, 0.25) is 0 Å². The number of anilines is 1. The highest BCUT2D eigenvalue weighted by Crippen LogP contribution is 2.37. The number of alkyl halides is 1. The molecule has 2 aliphatic rings. The number of hydrogen-bond acceptors (Lipinski definition) is 8. The number of carbonyl (C=O) groups excluding carboxylic acids is 2. The molecular formula is C27H35FN4O8. The first-order valence-electron chi connectivity index (χ1n) is 13.1. The maximum absolute atomic E-state index is 14.2. The lowest BCUT2D eigenvalue weighted by molar-refractivity contribution is -0.153. The van der Waals surface area contributed by atoms with E-state index in [0.717, 1.165) is 24.6 Å². The highest BCUT2D eigenvalue weighted by Gasteiger charge is 2.30. The summed E-state index contributed by atoms with van der Waals surface area (Å²) in [7, 11) is 0. The molecule has 218 valence electrons. The molecule has 0 unspecified atom stereocenters. The number of nitrogens with one attached hydrogen (secondary N) is 1. The molecule has 4 rings (SSSR count). The maximum atomic E-state index is 14.2. The lowest BCUT2D eigenvalue weighted by Gasteiger charge is -2.37. The van der Waals surface area contributed by atoms with Gasteiger partial charge in [0, 0.05) is 80.8 Å². The number of nitrogens with zero attached hydrogens (tertiary/aromatic N) is 2. The van der Waals surface area contributed by atoms with Crippen molar-refractivity contribution in [2.45, 2.75) is 71.3 Å². The van der Waals surface area contributed by atoms with Gasteiger partial charge < -0.3 is 35.5 Å². The molecular weight excluding hydrogens is 527 g/mol. The summed E-state index contributed by atoms with van der Waals surface area (Å²) >= 11 is 0. The second kappa shape index (κ2) is 13.4. The third kappa shape index (κ3) is 6.95. The minimum Gasteiger partial charge on any atom is -0.481 e. The number of halogens is 1. The van der Waals surface area contributed by atoms with Gasteiger partial charge in [-0.05, 0) is 25.8 Å². The summed E-state index contributed by atoms with van der Waals surface area (Å²) in [6.07, 6.45) is 3.64. The molecule has 3 heterocycles. The van der Waals surface area contributed by atoms with E-state index in [1.807, 2.05) is 0 Å². The standard InChI is InChI=1S/C25H31FN4O6.C2H4O2/c1-14(28-20(31)4-7-27)25(35)36-16-5-9-29(10-6-16)21-15(12-26)11-18-22-17(21)3-2-8-30(22)13-19(23(18)32)24(33)34;1-2(3)4/h11,13-14,16H,2-10,12,27H2,1H3,(H,28,31)(H,33,34);1H3,(H,3,4)/t14-;/m1./s1. The number of piperidine rings is 1. The van der Waals surface area contributed by atoms with E-state index in [4.69, 9.17) is 20.4 Å². The topological polar surface area (TPSA) is 181 Å². The summed E-state index contributed by atoms with van der Waals surface area (Å²) < 4.78 is 21.6. The van der Waals surface area contributed by atoms with Gasteiger partial charge in [0.25, 0.3) is 5.97 Å². The van der Waals surface area contributed by atoms with Gasteiger partial charge in [-0.2, -0.15) is 0 Å². The van der Waals surface area contributed by atoms with Crippen molar-refractivity contribution in [2.75, 3.05) is 24.5 Å². The average molecular weight is 563 g/mol. The minimum atomic E-state index is -1.30. The van der Waals surface area contributed by atoms with Gasteiger partial charge in [0.1, 0.15) is 24.4 Å². The lowest BCUT2D eigenvalue weighted by Crippen LogP contribution is -2.44. The van der Waals surface area contributed by atoms with Crippen LogP contribution in [0.25, 0.3) is 10.9 Å². The van der Waals surface area contributed by atoms with E-state index in [-0.39, 0.29) is 35.9 Å². The molecule has 0 saturated carbocycles. The zero-order valence-corrected chi connectivity index (χ0v) is 22.6. The van der Waals surface area contributed by atoms with Crippen LogP contribution < -0.4 is 21.4 Å². The Hall–Kier alpha value is -4.00. The van der Waals surface area contributed by atoms with Crippen molar-refractivity contribution in [3.63, 3.8) is 0 Å². The molecule has 1 fully saturated rings. The number of aliphatic carboxylic acids is 1. The first kappa shape index (κ1) is 30.5. The second-order valence-corrected chi connectivity index (χ2v) is 9.84. The number of ether oxygens (including phenoxy) is 1. The predicted molar refractivity (Wildman–Crippen MR) is 144 cm³/mol. The number of rotatable bonds is 8. The van der Waals surface area contributed by atoms with Crippen LogP contribution in [-0.2, 0) is 38.8 Å². The van der Waals surface area contributed by atoms with Crippen molar-refractivity contribution >= 4 is 40.4 Å². The number of carbonyl (C=O) groups is 4. The Labute approximate surface area is 229 Å². The summed E-state index contributed by atoms with van der Waals surface area (Å²) in [4.78, 5) is 59.6. The van der Waals surface area contributed by atoms with E-state index in [0.29, 0.717) is 50.0 Å². The number of aryl methyl sites for hydroxylation is 2. The Morgan fingerprint density at radius 2 is 1.85 bits per heavy atom. The van der Waals surface area contributed by atoms with Crippen molar-refractivity contribution in [3.05, 3.63) is 39.2 Å². The van der Waals surface area contributed by atoms with Crippen molar-refractivity contribution in [1.82, 2.24) is 9.88 Å². The number of carboxylic acids is 2. The van der Waals surface area contributed by atoms with Gasteiger partial charge in [-0.1, -0.05) is 0 Å². The number of esters is 1. The number of amides is 1. The Kier molecular flexibility index (Phi) is 10.2. The van der Waals surface area contributed by atoms with Gasteiger partial charge >= 0.3 is 11.9 Å². The molecule has 1 atom stereocenters. The molecule has 40 heavy (non-hydrogen) atoms. The lowest BCUT2D eigenvalue weighted by atomic mass is 9.93. The summed E-state index contributed by atoms with van der Waals surface area (Å²) in [5.41, 5.74) is 7.06. The number of nitrogens with two attached hydrogens (primary N) is 1. The van der Waals surface area contributed by atoms with Gasteiger partial charge in [0.15, 0.2) is 0 Å². The number of benzene rings is 1. The zero-order chi connectivity index (χ0) is 29.6. The third-order valence-electron chi connectivity index (χ3n) is 6.85. The number of hydrogen-bond donors (Lipinski definition) is 4. The monoisotopic (exact) mass is 562 g/mol. The number of aromatic nitrogens is 1. The van der Waals surface area contributed by atoms with E-state index >= 15 is 0 Å². The number of pyridine rings is 1. The summed E-state index contributed by atoms with van der Waals surface area (Å²) in [6, 6.07) is 0.709. The molecule has 0 radical (unpaired) electrons. The molecule has 1 amide bonds. The maximum Gasteiger partial charge on any atom is 0.341 e. The van der Waals surface area contributed by atoms with Crippen LogP contribution in [-0.4, -0.2) is 70.4 Å². The van der Waals surface area contributed by atoms with Gasteiger partial charge in [-0.25, -0.2) is 14.0 Å². The first-order chi connectivity index (χ1) is 19.0. The van der Waals surface area contributed by atoms with E-state index in [9.17, 15) is 28.7 Å². The summed E-state index contributed by atoms with van der Waals surface area (Å²) in [6.45, 7) is 3.68. The van der Waals surface area contributed by atoms with E-state index in [1.165, 1.54) is 12.3 Å². The molecule has 1 aromatic heterocycles. The highest BCUT2D eigenvalue weighted by atomic mass is 19.1. The van der Waals surface area contributed by atoms with E-state index in [2.05, 4.69) is 10.2 Å². The van der Waals surface area contributed by atoms with E-state index < -0.39 is 36.1 Å². The molecule has 1 saturated heterocycles. The summed E-state index contributed by atoms with van der Waals surface area (Å²) in [5.74, 6) is -2.95. The first-order valence-corrected chi connectivity index (χ1v) is 13.1. The molecule has 2 aliphatic heterocycles. The van der Waals surface area contributed by atoms with Crippen LogP contribution in [0.5, 0.6) is 0 Å². The zero-order valence-electron chi connectivity index (χ0n) is 22.6. The molecule has 13 heteroatoms. The van der Waals surface area contributed by atoms with E-state index in [1.54, 1.807) is 11.5 Å². The molecule has 1 aromatic carbocycles. The van der Waals surface area contributed by atoms with Crippen molar-refractivity contribution < 1.29 is 38.5 Å². The van der Waals surface area contributed by atoms with Crippen LogP contribution in [0.1, 0.15) is 61.0 Å². The fourth-order valence-electron chi connectivity index (χ4n) is 5.16. The van der Waals surface area contributed by atoms with Crippen molar-refractivity contribution in [2.24, 2.45) is 5.73 Å². The van der Waals surface area contributed by atoms with Gasteiger partial charge in [0.05, 0.1) is 5.52 Å². The van der Waals surface area contributed by atoms with Crippen molar-refractivity contribution in [3.8, 4) is 0 Å². The van der Waals surface area contributed by atoms with Crippen LogP contribution in [0.15, 0.2) is 17.1 Å². The van der Waals surface area contributed by atoms with Crippen LogP contribution in [0.3, 0.4) is 0 Å². The largest absolute Gasteiger partial charge is 0.481 e. The number of carboxylic acid groups (broad SMARTS) is 2. The quantitative estimate of drug-likeness (QED) is 0.345. The smallest absolute Gasteiger partial charge is 0.341 e. The predicted octanol–water partition coefficient (Wildman–Crippen LogP) is 1.57. The fourth-order valence-corrected chi connectivity index (χ4v) is 5.16. The Bertz CT molecular complexity index is 1350. The normalized spacial score (nSPS) is 15.6. The van der Waals surface area contributed by atoms with Gasteiger partial charge in [-0.3, -0.25) is 14.4 Å². The van der Waals surface area contributed by atoms with Gasteiger partial charge in [0.2, 0.25) is 11.3 Å². The minimum absolute atomic E-state index is 0.131. The second-order valence-electron chi connectivity index (χ2n) is 9.84. The number of aromatic carboxylic acids is 1. The third-order valence-corrected chi connectivity index (χ3v) is 6.85. The molecule has 0 bridgehead atoms. The Balaban J connectivity index is 0.00000103. The van der Waals surface area contributed by atoms with Crippen LogP contribution in [0.4, 0.5) is 10.1 Å². The fraction of sp³-hybridized carbons (Fsp3) is 0.519. The molecule has 5 N–H and O–H groups in total. The summed E-state index contributed by atoms with van der Waals surface area (Å²) in [5, 5.41) is 19.7. The average Bonchev–Trinajstić information content (AvgIpc) is 2.90. The van der Waals surface area contributed by atoms with Crippen LogP contribution >= 0.6 is 0 Å². The highest BCUT2D eigenvalue weighted by molar-refractivity contribution is 5.96. The molecule has 2 aromatic rings. The molecule has 0 spiro atoms. The Morgan fingerprint density at radius 3 is 2.42 bits per heavy atom. The van der Waals surface area contributed by atoms with Crippen molar-refractivity contribution in [1.29, 1.82) is 0 Å². The molecule has 12 nitrogen and oxygen atoms in total. The molecule has 0 aliphatic carbocycles.